The van der Waals surface area contributed by atoms with Crippen molar-refractivity contribution in [3.8, 4) is 0 Å². The van der Waals surface area contributed by atoms with E-state index in [9.17, 15) is 4.79 Å². The maximum absolute atomic E-state index is 11.6. The van der Waals surface area contributed by atoms with Crippen LogP contribution in [0.1, 0.15) is 21.7 Å². The molecule has 0 saturated heterocycles. The molecule has 120 valence electrons. The van der Waals surface area contributed by atoms with E-state index in [0.717, 1.165) is 5.56 Å². The normalized spacial score (nSPS) is 11.3. The van der Waals surface area contributed by atoms with Crippen LogP contribution in [-0.2, 0) is 6.54 Å². The molecule has 7 nitrogen and oxygen atoms in total. The van der Waals surface area contributed by atoms with Crippen LogP contribution in [0.5, 0.6) is 0 Å². The molecule has 0 aliphatic heterocycles. The highest BCUT2D eigenvalue weighted by Gasteiger charge is 2.02. The molecule has 0 spiro atoms. The second kappa shape index (κ2) is 7.68. The molecular formula is C17H16N6O. The fraction of sp³-hybridized carbons (Fsp3) is 0.0588. The molecule has 1 aromatic carbocycles. The molecule has 0 radical (unpaired) electrons. The predicted molar refractivity (Wildman–Crippen MR) is 91.4 cm³/mol. The Balaban J connectivity index is 1.50. The Morgan fingerprint density at radius 1 is 1.25 bits per heavy atom. The zero-order chi connectivity index (χ0) is 16.6. The molecule has 0 saturated carbocycles. The number of carbonyl (C=O) groups excluding carboxylic acids is 1. The number of benzene rings is 1. The first kappa shape index (κ1) is 15.4. The van der Waals surface area contributed by atoms with Crippen LogP contribution in [0.15, 0.2) is 66.0 Å². The van der Waals surface area contributed by atoms with Gasteiger partial charge in [-0.3, -0.25) is 4.79 Å². The Hall–Kier alpha value is -3.48. The molecule has 2 heterocycles. The lowest BCUT2D eigenvalue weighted by Gasteiger charge is -1.98. The Bertz CT molecular complexity index is 833. The molecule has 0 unspecified atom stereocenters. The van der Waals surface area contributed by atoms with Crippen molar-refractivity contribution in [3.63, 3.8) is 0 Å². The first-order valence-electron chi connectivity index (χ1n) is 7.39. The third kappa shape index (κ3) is 4.26. The molecule has 24 heavy (non-hydrogen) atoms. The average molecular weight is 320 g/mol. The van der Waals surface area contributed by atoms with Gasteiger partial charge in [-0.2, -0.15) is 5.10 Å². The molecule has 7 heteroatoms. The van der Waals surface area contributed by atoms with Crippen LogP contribution in [0.3, 0.4) is 0 Å². The highest BCUT2D eigenvalue weighted by molar-refractivity contribution is 5.92. The molecule has 2 N–H and O–H groups in total. The minimum absolute atomic E-state index is 0.293. The number of hydrogen-bond donors (Lipinski definition) is 2. The SMILES string of the molecule is O=C(N/N=C\C=C\c1cn(Cc2ccccc2)nn1)c1ccc[nH]1. The number of nitrogens with zero attached hydrogens (tertiary/aromatic N) is 4. The lowest BCUT2D eigenvalue weighted by Crippen LogP contribution is -2.17. The van der Waals surface area contributed by atoms with Gasteiger partial charge < -0.3 is 4.98 Å². The number of nitrogens with one attached hydrogen (secondary N) is 2. The van der Waals surface area contributed by atoms with Crippen LogP contribution in [0, 0.1) is 0 Å². The van der Waals surface area contributed by atoms with Gasteiger partial charge in [0.2, 0.25) is 0 Å². The van der Waals surface area contributed by atoms with E-state index < -0.39 is 0 Å². The van der Waals surface area contributed by atoms with Gasteiger partial charge in [-0.15, -0.1) is 5.10 Å². The van der Waals surface area contributed by atoms with E-state index >= 15 is 0 Å². The van der Waals surface area contributed by atoms with E-state index in [2.05, 4.69) is 25.8 Å². The number of hydrogen-bond acceptors (Lipinski definition) is 4. The molecule has 0 aliphatic carbocycles. The van der Waals surface area contributed by atoms with Gasteiger partial charge in [-0.05, 0) is 29.8 Å². The first-order valence-corrected chi connectivity index (χ1v) is 7.39. The van der Waals surface area contributed by atoms with Crippen molar-refractivity contribution in [2.75, 3.05) is 0 Å². The monoisotopic (exact) mass is 320 g/mol. The van der Waals surface area contributed by atoms with Crippen LogP contribution in [-0.4, -0.2) is 32.1 Å². The average Bonchev–Trinajstić information content (AvgIpc) is 3.27. The van der Waals surface area contributed by atoms with Crippen molar-refractivity contribution >= 4 is 18.2 Å². The number of hydrazone groups is 1. The molecular weight excluding hydrogens is 304 g/mol. The predicted octanol–water partition coefficient (Wildman–Crippen LogP) is 2.08. The van der Waals surface area contributed by atoms with Gasteiger partial charge in [0.1, 0.15) is 11.4 Å². The molecule has 3 rings (SSSR count). The van der Waals surface area contributed by atoms with Crippen LogP contribution >= 0.6 is 0 Å². The van der Waals surface area contributed by atoms with Gasteiger partial charge in [0.05, 0.1) is 12.7 Å². The summed E-state index contributed by atoms with van der Waals surface area (Å²) in [6.07, 6.45) is 8.45. The van der Waals surface area contributed by atoms with Gasteiger partial charge in [0.15, 0.2) is 0 Å². The first-order chi connectivity index (χ1) is 11.8. The molecule has 0 atom stereocenters. The Morgan fingerprint density at radius 3 is 2.92 bits per heavy atom. The van der Waals surface area contributed by atoms with Crippen molar-refractivity contribution in [3.05, 3.63) is 77.9 Å². The van der Waals surface area contributed by atoms with Crippen LogP contribution < -0.4 is 5.43 Å². The number of allylic oxidation sites excluding steroid dienone is 1. The van der Waals surface area contributed by atoms with E-state index in [1.165, 1.54) is 6.21 Å². The third-order valence-electron chi connectivity index (χ3n) is 3.18. The summed E-state index contributed by atoms with van der Waals surface area (Å²) in [6.45, 7) is 0.669. The fourth-order valence-electron chi connectivity index (χ4n) is 2.05. The van der Waals surface area contributed by atoms with Gasteiger partial charge >= 0.3 is 0 Å². The standard InChI is InChI=1S/C17H16N6O/c24-17(16-9-5-10-18-16)21-19-11-4-8-15-13-23(22-20-15)12-14-6-2-1-3-7-14/h1-11,13,18H,12H2,(H,21,24)/b8-4+,19-11-. The largest absolute Gasteiger partial charge is 0.357 e. The Labute approximate surface area is 138 Å². The second-order valence-corrected chi connectivity index (χ2v) is 4.99. The Kier molecular flexibility index (Phi) is 4.94. The number of aromatic amines is 1. The van der Waals surface area contributed by atoms with Crippen molar-refractivity contribution in [1.29, 1.82) is 0 Å². The number of rotatable bonds is 6. The summed E-state index contributed by atoms with van der Waals surface area (Å²) >= 11 is 0. The van der Waals surface area contributed by atoms with E-state index in [-0.39, 0.29) is 5.91 Å². The molecule has 1 amide bonds. The maximum Gasteiger partial charge on any atom is 0.287 e. The second-order valence-electron chi connectivity index (χ2n) is 4.99. The zero-order valence-corrected chi connectivity index (χ0v) is 12.8. The summed E-state index contributed by atoms with van der Waals surface area (Å²) in [5, 5.41) is 12.0. The van der Waals surface area contributed by atoms with Crippen molar-refractivity contribution in [1.82, 2.24) is 25.4 Å². The summed E-state index contributed by atoms with van der Waals surface area (Å²) in [6, 6.07) is 13.5. The summed E-state index contributed by atoms with van der Waals surface area (Å²) in [4.78, 5) is 14.4. The number of H-pyrrole nitrogens is 1. The minimum Gasteiger partial charge on any atom is -0.357 e. The molecule has 2 aromatic heterocycles. The summed E-state index contributed by atoms with van der Waals surface area (Å²) in [7, 11) is 0. The van der Waals surface area contributed by atoms with Crippen LogP contribution in [0.25, 0.3) is 6.08 Å². The van der Waals surface area contributed by atoms with Gasteiger partial charge in [-0.25, -0.2) is 10.1 Å². The molecule has 3 aromatic rings. The smallest absolute Gasteiger partial charge is 0.287 e. The molecule has 0 bridgehead atoms. The van der Waals surface area contributed by atoms with Gasteiger partial charge in [0.25, 0.3) is 5.91 Å². The topological polar surface area (TPSA) is 88.0 Å². The third-order valence-corrected chi connectivity index (χ3v) is 3.18. The van der Waals surface area contributed by atoms with Gasteiger partial charge in [0, 0.05) is 12.4 Å². The number of amides is 1. The van der Waals surface area contributed by atoms with Crippen molar-refractivity contribution < 1.29 is 4.79 Å². The molecule has 0 aliphatic rings. The van der Waals surface area contributed by atoms with Crippen molar-refractivity contribution in [2.24, 2.45) is 5.10 Å². The lowest BCUT2D eigenvalue weighted by atomic mass is 10.2. The van der Waals surface area contributed by atoms with E-state index in [4.69, 9.17) is 0 Å². The van der Waals surface area contributed by atoms with E-state index in [1.807, 2.05) is 36.5 Å². The summed E-state index contributed by atoms with van der Waals surface area (Å²) in [5.41, 5.74) is 4.75. The van der Waals surface area contributed by atoms with E-state index in [0.29, 0.717) is 17.9 Å². The van der Waals surface area contributed by atoms with Crippen molar-refractivity contribution in [2.45, 2.75) is 6.54 Å². The maximum atomic E-state index is 11.6. The van der Waals surface area contributed by atoms with Crippen LogP contribution in [0.2, 0.25) is 0 Å². The highest BCUT2D eigenvalue weighted by Crippen LogP contribution is 2.03. The lowest BCUT2D eigenvalue weighted by molar-refractivity contribution is 0.0951. The van der Waals surface area contributed by atoms with Gasteiger partial charge in [-0.1, -0.05) is 35.5 Å². The fourth-order valence-corrected chi connectivity index (χ4v) is 2.05. The molecule has 0 fully saturated rings. The zero-order valence-electron chi connectivity index (χ0n) is 12.8. The highest BCUT2D eigenvalue weighted by atomic mass is 16.2. The minimum atomic E-state index is -0.293. The van der Waals surface area contributed by atoms with E-state index in [1.54, 1.807) is 35.2 Å². The van der Waals surface area contributed by atoms with Crippen LogP contribution in [0.4, 0.5) is 0 Å². The summed E-state index contributed by atoms with van der Waals surface area (Å²) in [5.74, 6) is -0.293. The quantitative estimate of drug-likeness (QED) is 0.538. The summed E-state index contributed by atoms with van der Waals surface area (Å²) < 4.78 is 1.76. The number of aromatic nitrogens is 4. The number of carbonyl (C=O) groups is 1. The Morgan fingerprint density at radius 2 is 2.12 bits per heavy atom.